The van der Waals surface area contributed by atoms with Crippen LogP contribution in [0.3, 0.4) is 0 Å². The molecule has 3 aromatic carbocycles. The molecular weight excluding hydrogens is 428 g/mol. The van der Waals surface area contributed by atoms with Gasteiger partial charge in [0.05, 0.1) is 6.54 Å². The van der Waals surface area contributed by atoms with Crippen molar-refractivity contribution in [2.45, 2.75) is 19.9 Å². The average molecular weight is 459 g/mol. The zero-order valence-corrected chi connectivity index (χ0v) is 19.5. The first-order valence-electron chi connectivity index (χ1n) is 11.3. The predicted octanol–water partition coefficient (Wildman–Crippen LogP) is 4.15. The molecule has 7 heteroatoms. The Balaban J connectivity index is 1.55. The summed E-state index contributed by atoms with van der Waals surface area (Å²) in [6.07, 6.45) is 0.861. The number of amides is 3. The van der Waals surface area contributed by atoms with Crippen LogP contribution in [0.4, 0.5) is 11.4 Å². The van der Waals surface area contributed by atoms with Crippen molar-refractivity contribution in [2.75, 3.05) is 30.8 Å². The summed E-state index contributed by atoms with van der Waals surface area (Å²) < 4.78 is 0. The Morgan fingerprint density at radius 1 is 0.824 bits per heavy atom. The van der Waals surface area contributed by atoms with E-state index in [0.29, 0.717) is 35.6 Å². The number of rotatable bonds is 10. The molecule has 0 heterocycles. The molecule has 0 bridgehead atoms. The monoisotopic (exact) mass is 458 g/mol. The van der Waals surface area contributed by atoms with Crippen LogP contribution in [0.5, 0.6) is 0 Å². The molecule has 0 fully saturated rings. The number of hydrogen-bond acceptors (Lipinski definition) is 4. The number of nitrogens with zero attached hydrogens (tertiary/aromatic N) is 1. The van der Waals surface area contributed by atoms with E-state index in [1.54, 1.807) is 60.5 Å². The van der Waals surface area contributed by atoms with E-state index in [0.717, 1.165) is 12.0 Å². The van der Waals surface area contributed by atoms with E-state index in [1.807, 2.05) is 37.3 Å². The molecule has 0 aromatic heterocycles. The minimum absolute atomic E-state index is 0.0200. The van der Waals surface area contributed by atoms with E-state index in [4.69, 9.17) is 0 Å². The Kier molecular flexibility index (Phi) is 8.80. The molecule has 3 rings (SSSR count). The molecule has 34 heavy (non-hydrogen) atoms. The van der Waals surface area contributed by atoms with Gasteiger partial charge in [-0.05, 0) is 48.4 Å². The quantitative estimate of drug-likeness (QED) is 0.426. The molecule has 3 N–H and O–H groups in total. The molecule has 7 nitrogen and oxygen atoms in total. The third-order valence-electron chi connectivity index (χ3n) is 5.12. The second-order valence-corrected chi connectivity index (χ2v) is 7.97. The summed E-state index contributed by atoms with van der Waals surface area (Å²) in [4.78, 5) is 39.0. The minimum Gasteiger partial charge on any atom is -0.376 e. The number of hydrogen-bond donors (Lipinski definition) is 3. The van der Waals surface area contributed by atoms with Gasteiger partial charge in [0.25, 0.3) is 11.8 Å². The van der Waals surface area contributed by atoms with Gasteiger partial charge in [-0.15, -0.1) is 0 Å². The molecule has 0 spiro atoms. The highest BCUT2D eigenvalue weighted by Crippen LogP contribution is 2.15. The molecule has 3 aromatic rings. The topological polar surface area (TPSA) is 90.5 Å². The molecule has 3 amide bonds. The summed E-state index contributed by atoms with van der Waals surface area (Å²) in [5.74, 6) is -0.534. The third kappa shape index (κ3) is 7.20. The standard InChI is InChI=1S/C27H30N4O3/c1-3-15-28-26(33)21-11-7-13-23(16-21)29-18-25(32)30-24-14-8-12-22(17-24)27(34)31(2)19-20-9-5-4-6-10-20/h4-14,16-17,29H,3,15,18-19H2,1-2H3,(H,28,33)(H,30,32). The van der Waals surface area contributed by atoms with Crippen molar-refractivity contribution < 1.29 is 14.4 Å². The Labute approximate surface area is 200 Å². The highest BCUT2D eigenvalue weighted by molar-refractivity contribution is 5.98. The highest BCUT2D eigenvalue weighted by atomic mass is 16.2. The molecular formula is C27H30N4O3. The summed E-state index contributed by atoms with van der Waals surface area (Å²) >= 11 is 0. The lowest BCUT2D eigenvalue weighted by Crippen LogP contribution is -2.26. The van der Waals surface area contributed by atoms with E-state index < -0.39 is 0 Å². The van der Waals surface area contributed by atoms with E-state index in [2.05, 4.69) is 16.0 Å². The highest BCUT2D eigenvalue weighted by Gasteiger charge is 2.13. The number of nitrogens with one attached hydrogen (secondary N) is 3. The molecule has 0 saturated heterocycles. The van der Waals surface area contributed by atoms with Gasteiger partial charge in [0.15, 0.2) is 0 Å². The molecule has 176 valence electrons. The van der Waals surface area contributed by atoms with Gasteiger partial charge in [-0.3, -0.25) is 14.4 Å². The maximum Gasteiger partial charge on any atom is 0.253 e. The lowest BCUT2D eigenvalue weighted by molar-refractivity contribution is -0.114. The Hall–Kier alpha value is -4.13. The second-order valence-electron chi connectivity index (χ2n) is 7.97. The molecule has 0 aliphatic rings. The third-order valence-corrected chi connectivity index (χ3v) is 5.12. The van der Waals surface area contributed by atoms with Gasteiger partial charge in [-0.2, -0.15) is 0 Å². The largest absolute Gasteiger partial charge is 0.376 e. The first-order chi connectivity index (χ1) is 16.5. The number of anilines is 2. The van der Waals surface area contributed by atoms with Gasteiger partial charge in [0, 0.05) is 42.6 Å². The molecule has 0 radical (unpaired) electrons. The minimum atomic E-state index is -0.261. The Morgan fingerprint density at radius 3 is 2.24 bits per heavy atom. The molecule has 0 atom stereocenters. The zero-order valence-electron chi connectivity index (χ0n) is 19.5. The second kappa shape index (κ2) is 12.2. The fraction of sp³-hybridized carbons (Fsp3) is 0.222. The zero-order chi connectivity index (χ0) is 24.3. The van der Waals surface area contributed by atoms with Crippen molar-refractivity contribution in [2.24, 2.45) is 0 Å². The van der Waals surface area contributed by atoms with Gasteiger partial charge in [0.2, 0.25) is 5.91 Å². The van der Waals surface area contributed by atoms with Crippen LogP contribution in [0.15, 0.2) is 78.9 Å². The van der Waals surface area contributed by atoms with Crippen molar-refractivity contribution in [3.8, 4) is 0 Å². The van der Waals surface area contributed by atoms with Gasteiger partial charge in [-0.1, -0.05) is 49.4 Å². The fourth-order valence-electron chi connectivity index (χ4n) is 3.38. The van der Waals surface area contributed by atoms with Crippen LogP contribution in [0, 0.1) is 0 Å². The molecule has 0 aliphatic carbocycles. The van der Waals surface area contributed by atoms with E-state index in [1.165, 1.54) is 0 Å². The fourth-order valence-corrected chi connectivity index (χ4v) is 3.38. The maximum atomic E-state index is 12.8. The summed E-state index contributed by atoms with van der Waals surface area (Å²) in [5, 5.41) is 8.67. The van der Waals surface area contributed by atoms with E-state index in [9.17, 15) is 14.4 Å². The van der Waals surface area contributed by atoms with Crippen LogP contribution < -0.4 is 16.0 Å². The van der Waals surface area contributed by atoms with E-state index in [-0.39, 0.29) is 24.3 Å². The van der Waals surface area contributed by atoms with Crippen LogP contribution in [-0.2, 0) is 11.3 Å². The Bertz CT molecular complexity index is 1130. The van der Waals surface area contributed by atoms with Crippen LogP contribution in [0.1, 0.15) is 39.6 Å². The summed E-state index contributed by atoms with van der Waals surface area (Å²) in [7, 11) is 1.75. The van der Waals surface area contributed by atoms with Crippen molar-refractivity contribution in [3.05, 3.63) is 95.6 Å². The lowest BCUT2D eigenvalue weighted by atomic mass is 10.1. The molecule has 0 aliphatic heterocycles. The summed E-state index contributed by atoms with van der Waals surface area (Å²) in [6.45, 7) is 3.12. The molecule has 0 unspecified atom stereocenters. The first-order valence-corrected chi connectivity index (χ1v) is 11.3. The Morgan fingerprint density at radius 2 is 1.50 bits per heavy atom. The van der Waals surface area contributed by atoms with Crippen LogP contribution in [-0.4, -0.2) is 42.8 Å². The summed E-state index contributed by atoms with van der Waals surface area (Å²) in [6, 6.07) is 23.6. The van der Waals surface area contributed by atoms with Crippen LogP contribution >= 0.6 is 0 Å². The van der Waals surface area contributed by atoms with Gasteiger partial charge >= 0.3 is 0 Å². The van der Waals surface area contributed by atoms with Gasteiger partial charge in [-0.25, -0.2) is 0 Å². The summed E-state index contributed by atoms with van der Waals surface area (Å²) in [5.41, 5.74) is 3.28. The number of carbonyl (C=O) groups excluding carboxylic acids is 3. The van der Waals surface area contributed by atoms with Crippen LogP contribution in [0.2, 0.25) is 0 Å². The normalized spacial score (nSPS) is 10.3. The van der Waals surface area contributed by atoms with Gasteiger partial charge in [0.1, 0.15) is 0 Å². The van der Waals surface area contributed by atoms with Crippen molar-refractivity contribution in [1.29, 1.82) is 0 Å². The lowest BCUT2D eigenvalue weighted by Gasteiger charge is -2.18. The van der Waals surface area contributed by atoms with Crippen molar-refractivity contribution in [3.63, 3.8) is 0 Å². The van der Waals surface area contributed by atoms with E-state index >= 15 is 0 Å². The average Bonchev–Trinajstić information content (AvgIpc) is 2.86. The van der Waals surface area contributed by atoms with Crippen molar-refractivity contribution >= 4 is 29.1 Å². The molecule has 0 saturated carbocycles. The predicted molar refractivity (Wildman–Crippen MR) is 135 cm³/mol. The van der Waals surface area contributed by atoms with Gasteiger partial charge < -0.3 is 20.9 Å². The van der Waals surface area contributed by atoms with Crippen molar-refractivity contribution in [1.82, 2.24) is 10.2 Å². The SMILES string of the molecule is CCCNC(=O)c1cccc(NCC(=O)Nc2cccc(C(=O)N(C)Cc3ccccc3)c2)c1. The smallest absolute Gasteiger partial charge is 0.253 e. The maximum absolute atomic E-state index is 12.8. The van der Waals surface area contributed by atoms with Crippen LogP contribution in [0.25, 0.3) is 0 Å². The first kappa shape index (κ1) is 24.5. The number of carbonyl (C=O) groups is 3. The number of benzene rings is 3.